The van der Waals surface area contributed by atoms with Gasteiger partial charge < -0.3 is 4.90 Å². The second-order valence-corrected chi connectivity index (χ2v) is 9.28. The summed E-state index contributed by atoms with van der Waals surface area (Å²) in [6.45, 7) is 7.25. The average molecular weight is 393 g/mol. The van der Waals surface area contributed by atoms with Crippen LogP contribution in [0.4, 0.5) is 23.5 Å². The van der Waals surface area contributed by atoms with E-state index in [1.54, 1.807) is 0 Å². The third-order valence-electron chi connectivity index (χ3n) is 5.82. The molecule has 1 aliphatic heterocycles. The number of fused-ring (bicyclic) bond motifs is 2. The van der Waals surface area contributed by atoms with Crippen LogP contribution in [0, 0.1) is 16.6 Å². The van der Waals surface area contributed by atoms with Crippen LogP contribution in [0.25, 0.3) is 11.3 Å². The van der Waals surface area contributed by atoms with Crippen molar-refractivity contribution in [3.63, 3.8) is 0 Å². The zero-order chi connectivity index (χ0) is 20.3. The highest BCUT2D eigenvalue weighted by molar-refractivity contribution is 5.61. The molecule has 150 valence electrons. The lowest BCUT2D eigenvalue weighted by molar-refractivity contribution is -0.141. The maximum atomic E-state index is 13.5. The van der Waals surface area contributed by atoms with Crippen molar-refractivity contribution in [3.8, 4) is 11.3 Å². The van der Waals surface area contributed by atoms with Gasteiger partial charge in [-0.1, -0.05) is 20.8 Å². The molecule has 2 aromatic rings. The molecule has 2 heterocycles. The first-order valence-electron chi connectivity index (χ1n) is 9.43. The van der Waals surface area contributed by atoms with Gasteiger partial charge in [-0.05, 0) is 60.4 Å². The maximum absolute atomic E-state index is 13.5. The van der Waals surface area contributed by atoms with E-state index in [1.165, 1.54) is 24.3 Å². The van der Waals surface area contributed by atoms with Crippen LogP contribution in [0.15, 0.2) is 30.3 Å². The predicted molar refractivity (Wildman–Crippen MR) is 99.3 cm³/mol. The third kappa shape index (κ3) is 3.59. The Bertz CT molecular complexity index is 892. The molecule has 1 aliphatic carbocycles. The van der Waals surface area contributed by atoms with Gasteiger partial charge in [-0.25, -0.2) is 14.4 Å². The normalized spacial score (nSPS) is 26.5. The van der Waals surface area contributed by atoms with Gasteiger partial charge in [0, 0.05) is 18.2 Å². The molecule has 0 unspecified atom stereocenters. The predicted octanol–water partition coefficient (Wildman–Crippen LogP) is 5.71. The number of aromatic nitrogens is 2. The first-order chi connectivity index (χ1) is 12.9. The van der Waals surface area contributed by atoms with Crippen LogP contribution in [-0.2, 0) is 6.18 Å². The molecular formula is C21H23F4N3. The monoisotopic (exact) mass is 393 g/mol. The van der Waals surface area contributed by atoms with Crippen LogP contribution in [0.1, 0.15) is 45.7 Å². The summed E-state index contributed by atoms with van der Waals surface area (Å²) in [6.07, 6.45) is -1.72. The largest absolute Gasteiger partial charge is 0.433 e. The highest BCUT2D eigenvalue weighted by Gasteiger charge is 2.50. The summed E-state index contributed by atoms with van der Waals surface area (Å²) >= 11 is 0. The van der Waals surface area contributed by atoms with Gasteiger partial charge in [0.2, 0.25) is 5.95 Å². The first kappa shape index (κ1) is 19.2. The summed E-state index contributed by atoms with van der Waals surface area (Å²) < 4.78 is 53.8. The Labute approximate surface area is 161 Å². The van der Waals surface area contributed by atoms with Gasteiger partial charge in [-0.2, -0.15) is 13.2 Å². The first-order valence-corrected chi connectivity index (χ1v) is 9.43. The third-order valence-corrected chi connectivity index (χ3v) is 5.82. The number of nitrogens with zero attached hydrogens (tertiary/aromatic N) is 3. The number of hydrogen-bond acceptors (Lipinski definition) is 3. The van der Waals surface area contributed by atoms with Gasteiger partial charge in [0.25, 0.3) is 0 Å². The van der Waals surface area contributed by atoms with Gasteiger partial charge in [-0.3, -0.25) is 0 Å². The molecule has 2 aliphatic rings. The number of halogens is 4. The molecule has 2 fully saturated rings. The second kappa shape index (κ2) is 6.16. The highest BCUT2D eigenvalue weighted by atomic mass is 19.4. The van der Waals surface area contributed by atoms with E-state index in [1.807, 2.05) is 4.90 Å². The van der Waals surface area contributed by atoms with E-state index < -0.39 is 17.7 Å². The van der Waals surface area contributed by atoms with Crippen LogP contribution in [0.5, 0.6) is 0 Å². The summed E-state index contributed by atoms with van der Waals surface area (Å²) in [5.74, 6) is -0.335. The number of hydrogen-bond donors (Lipinski definition) is 0. The van der Waals surface area contributed by atoms with Gasteiger partial charge in [0.05, 0.1) is 5.69 Å². The molecule has 7 heteroatoms. The Balaban J connectivity index is 1.79. The molecule has 0 spiro atoms. The Hall–Kier alpha value is -2.18. The molecule has 0 N–H and O–H groups in total. The number of benzene rings is 1. The van der Waals surface area contributed by atoms with Crippen molar-refractivity contribution in [2.45, 2.75) is 52.3 Å². The second-order valence-electron chi connectivity index (χ2n) is 9.28. The van der Waals surface area contributed by atoms with Crippen LogP contribution < -0.4 is 4.90 Å². The quantitative estimate of drug-likeness (QED) is 0.612. The fourth-order valence-corrected chi connectivity index (χ4v) is 5.17. The smallest absolute Gasteiger partial charge is 0.337 e. The Morgan fingerprint density at radius 1 is 1.04 bits per heavy atom. The number of alkyl halides is 3. The van der Waals surface area contributed by atoms with E-state index in [-0.39, 0.29) is 28.5 Å². The van der Waals surface area contributed by atoms with E-state index >= 15 is 0 Å². The SMILES string of the molecule is CC1(C)C[C@H]2C[C@](C)(CN2c2nc(-c3ccc(F)cc3)cc(C(F)(F)F)n2)C1. The summed E-state index contributed by atoms with van der Waals surface area (Å²) in [6, 6.07) is 6.37. The van der Waals surface area contributed by atoms with E-state index in [4.69, 9.17) is 0 Å². The van der Waals surface area contributed by atoms with Crippen molar-refractivity contribution in [2.75, 3.05) is 11.4 Å². The standard InChI is InChI=1S/C21H23F4N3/c1-19(2)9-15-10-20(3,11-19)12-28(15)18-26-16(8-17(27-18)21(23,24)25)13-4-6-14(22)7-5-13/h4-8,15H,9-12H2,1-3H3/t15-,20-/m0/s1. The fraction of sp³-hybridized carbons (Fsp3) is 0.524. The van der Waals surface area contributed by atoms with E-state index in [0.29, 0.717) is 12.1 Å². The Morgan fingerprint density at radius 2 is 1.71 bits per heavy atom. The molecule has 0 amide bonds. The summed E-state index contributed by atoms with van der Waals surface area (Å²) in [5.41, 5.74) is -0.205. The zero-order valence-electron chi connectivity index (χ0n) is 16.1. The van der Waals surface area contributed by atoms with E-state index in [0.717, 1.165) is 25.3 Å². The molecule has 1 saturated heterocycles. The molecular weight excluding hydrogens is 370 g/mol. The van der Waals surface area contributed by atoms with Crippen molar-refractivity contribution in [1.29, 1.82) is 0 Å². The zero-order valence-corrected chi connectivity index (χ0v) is 16.1. The van der Waals surface area contributed by atoms with Crippen LogP contribution in [-0.4, -0.2) is 22.6 Å². The number of anilines is 1. The van der Waals surface area contributed by atoms with Gasteiger partial charge >= 0.3 is 6.18 Å². The summed E-state index contributed by atoms with van der Waals surface area (Å²) in [7, 11) is 0. The molecule has 0 radical (unpaired) electrons. The van der Waals surface area contributed by atoms with Gasteiger partial charge in [-0.15, -0.1) is 0 Å². The van der Waals surface area contributed by atoms with Gasteiger partial charge in [0.15, 0.2) is 5.69 Å². The molecule has 2 atom stereocenters. The average Bonchev–Trinajstić information content (AvgIpc) is 2.83. The molecule has 28 heavy (non-hydrogen) atoms. The number of rotatable bonds is 2. The topological polar surface area (TPSA) is 29.0 Å². The van der Waals surface area contributed by atoms with E-state index in [9.17, 15) is 17.6 Å². The molecule has 1 aromatic heterocycles. The highest BCUT2D eigenvalue weighted by Crippen LogP contribution is 2.53. The lowest BCUT2D eigenvalue weighted by Gasteiger charge is -2.39. The van der Waals surface area contributed by atoms with Gasteiger partial charge in [0.1, 0.15) is 5.82 Å². The van der Waals surface area contributed by atoms with Crippen molar-refractivity contribution in [2.24, 2.45) is 10.8 Å². The Morgan fingerprint density at radius 3 is 2.36 bits per heavy atom. The summed E-state index contributed by atoms with van der Waals surface area (Å²) in [5, 5.41) is 0. The molecule has 1 saturated carbocycles. The lowest BCUT2D eigenvalue weighted by atomic mass is 9.65. The van der Waals surface area contributed by atoms with Crippen LogP contribution >= 0.6 is 0 Å². The minimum Gasteiger partial charge on any atom is -0.337 e. The molecule has 1 aromatic carbocycles. The minimum absolute atomic E-state index is 0.0417. The van der Waals surface area contributed by atoms with Crippen LogP contribution in [0.3, 0.4) is 0 Å². The van der Waals surface area contributed by atoms with Crippen molar-refractivity contribution in [3.05, 3.63) is 41.8 Å². The summed E-state index contributed by atoms with van der Waals surface area (Å²) in [4.78, 5) is 10.3. The van der Waals surface area contributed by atoms with Crippen molar-refractivity contribution in [1.82, 2.24) is 9.97 Å². The van der Waals surface area contributed by atoms with Crippen molar-refractivity contribution < 1.29 is 17.6 Å². The van der Waals surface area contributed by atoms with Crippen LogP contribution in [0.2, 0.25) is 0 Å². The lowest BCUT2D eigenvalue weighted by Crippen LogP contribution is -2.35. The van der Waals surface area contributed by atoms with Crippen molar-refractivity contribution >= 4 is 5.95 Å². The Kier molecular flexibility index (Phi) is 4.21. The van der Waals surface area contributed by atoms with E-state index in [2.05, 4.69) is 30.7 Å². The maximum Gasteiger partial charge on any atom is 0.433 e. The molecule has 4 rings (SSSR count). The molecule has 2 bridgehead atoms. The fourth-order valence-electron chi connectivity index (χ4n) is 5.17. The minimum atomic E-state index is -4.58. The molecule has 3 nitrogen and oxygen atoms in total.